The van der Waals surface area contributed by atoms with Crippen LogP contribution < -0.4 is 10.1 Å². The lowest BCUT2D eigenvalue weighted by Gasteiger charge is -2.15. The number of likely N-dealkylation sites (tertiary alicyclic amines) is 1. The molecule has 26 heavy (non-hydrogen) atoms. The van der Waals surface area contributed by atoms with Crippen LogP contribution in [0.3, 0.4) is 0 Å². The number of nitrogens with one attached hydrogen (secondary N) is 1. The van der Waals surface area contributed by atoms with Crippen LogP contribution in [-0.4, -0.2) is 29.3 Å². The molecule has 1 aliphatic carbocycles. The van der Waals surface area contributed by atoms with Gasteiger partial charge in [0.15, 0.2) is 0 Å². The van der Waals surface area contributed by atoms with Crippen molar-refractivity contribution in [1.29, 1.82) is 0 Å². The minimum atomic E-state index is -0.258. The maximum absolute atomic E-state index is 12.4. The Morgan fingerprint density at radius 2 is 1.88 bits per heavy atom. The van der Waals surface area contributed by atoms with Crippen LogP contribution in [-0.2, 0) is 9.59 Å². The molecule has 1 saturated heterocycles. The Labute approximate surface area is 153 Å². The van der Waals surface area contributed by atoms with E-state index in [0.29, 0.717) is 30.4 Å². The van der Waals surface area contributed by atoms with Crippen LogP contribution in [0.15, 0.2) is 48.5 Å². The highest BCUT2D eigenvalue weighted by Crippen LogP contribution is 2.33. The number of benzene rings is 2. The number of ether oxygens (including phenoxy) is 1. The zero-order valence-electron chi connectivity index (χ0n) is 14.8. The number of carbonyl (C=O) groups excluding carboxylic acids is 2. The number of aryl methyl sites for hydroxylation is 1. The van der Waals surface area contributed by atoms with Crippen LogP contribution in [0.2, 0.25) is 0 Å². The lowest BCUT2D eigenvalue weighted by molar-refractivity contribution is -0.128. The third kappa shape index (κ3) is 3.72. The Morgan fingerprint density at radius 3 is 2.58 bits per heavy atom. The Bertz CT molecular complexity index is 827. The lowest BCUT2D eigenvalue weighted by Crippen LogP contribution is -2.29. The van der Waals surface area contributed by atoms with E-state index >= 15 is 0 Å². The molecular formula is C21H22N2O3. The first kappa shape index (κ1) is 16.6. The van der Waals surface area contributed by atoms with Crippen molar-refractivity contribution < 1.29 is 14.3 Å². The molecule has 4 rings (SSSR count). The molecular weight excluding hydrogens is 328 g/mol. The molecule has 2 aliphatic rings. The van der Waals surface area contributed by atoms with Crippen molar-refractivity contribution in [2.24, 2.45) is 5.92 Å². The molecule has 0 spiro atoms. The Morgan fingerprint density at radius 1 is 1.12 bits per heavy atom. The first-order valence-corrected chi connectivity index (χ1v) is 9.03. The third-order valence-corrected chi connectivity index (χ3v) is 4.86. The average Bonchev–Trinajstić information content (AvgIpc) is 3.38. The molecule has 2 aromatic carbocycles. The van der Waals surface area contributed by atoms with Gasteiger partial charge in [0.1, 0.15) is 11.5 Å². The van der Waals surface area contributed by atoms with E-state index in [2.05, 4.69) is 5.32 Å². The third-order valence-electron chi connectivity index (χ3n) is 4.86. The number of nitrogens with zero attached hydrogens (tertiary/aromatic N) is 1. The summed E-state index contributed by atoms with van der Waals surface area (Å²) >= 11 is 0. The first-order chi connectivity index (χ1) is 12.6. The van der Waals surface area contributed by atoms with Crippen LogP contribution >= 0.6 is 0 Å². The average molecular weight is 350 g/mol. The quantitative estimate of drug-likeness (QED) is 0.894. The molecule has 0 unspecified atom stereocenters. The fourth-order valence-electron chi connectivity index (χ4n) is 3.31. The summed E-state index contributed by atoms with van der Waals surface area (Å²) in [6, 6.07) is 15.5. The Balaban J connectivity index is 1.35. The van der Waals surface area contributed by atoms with Gasteiger partial charge in [-0.05, 0) is 61.7 Å². The van der Waals surface area contributed by atoms with Crippen molar-refractivity contribution in [2.75, 3.05) is 11.9 Å². The largest absolute Gasteiger partial charge is 0.457 e. The molecule has 1 aliphatic heterocycles. The first-order valence-electron chi connectivity index (χ1n) is 9.03. The molecule has 0 aromatic heterocycles. The van der Waals surface area contributed by atoms with Crippen LogP contribution in [0.5, 0.6) is 11.5 Å². The highest BCUT2D eigenvalue weighted by Gasteiger charge is 2.41. The van der Waals surface area contributed by atoms with Gasteiger partial charge in [-0.25, -0.2) is 0 Å². The molecule has 2 fully saturated rings. The van der Waals surface area contributed by atoms with Gasteiger partial charge >= 0.3 is 0 Å². The number of amides is 2. The van der Waals surface area contributed by atoms with Crippen molar-refractivity contribution in [1.82, 2.24) is 4.90 Å². The SMILES string of the molecule is Cc1cccc(Oc2ccc(NC(=O)[C@@H]3CC(=O)N(C4CC4)C3)cc2)c1. The van der Waals surface area contributed by atoms with Gasteiger partial charge in [-0.1, -0.05) is 12.1 Å². The molecule has 5 heteroatoms. The fourth-order valence-corrected chi connectivity index (χ4v) is 3.31. The van der Waals surface area contributed by atoms with Gasteiger partial charge in [0.25, 0.3) is 0 Å². The standard InChI is InChI=1S/C21H22N2O3/c1-14-3-2-4-19(11-14)26-18-9-5-16(6-10-18)22-21(25)15-12-20(24)23(13-15)17-7-8-17/h2-6,9-11,15,17H,7-8,12-13H2,1H3,(H,22,25)/t15-/m1/s1. The summed E-state index contributed by atoms with van der Waals surface area (Å²) in [5.41, 5.74) is 1.85. The van der Waals surface area contributed by atoms with Crippen molar-refractivity contribution in [3.63, 3.8) is 0 Å². The number of carbonyl (C=O) groups is 2. The van der Waals surface area contributed by atoms with E-state index in [1.807, 2.05) is 60.4 Å². The zero-order chi connectivity index (χ0) is 18.1. The second-order valence-electron chi connectivity index (χ2n) is 7.11. The van der Waals surface area contributed by atoms with Crippen molar-refractivity contribution in [3.8, 4) is 11.5 Å². The highest BCUT2D eigenvalue weighted by atomic mass is 16.5. The summed E-state index contributed by atoms with van der Waals surface area (Å²) in [7, 11) is 0. The van der Waals surface area contributed by atoms with Gasteiger partial charge in [0, 0.05) is 24.7 Å². The maximum atomic E-state index is 12.4. The normalized spacial score (nSPS) is 19.5. The monoisotopic (exact) mass is 350 g/mol. The van der Waals surface area contributed by atoms with Gasteiger partial charge in [0.05, 0.1) is 5.92 Å². The molecule has 1 atom stereocenters. The Hall–Kier alpha value is -2.82. The van der Waals surface area contributed by atoms with Crippen molar-refractivity contribution in [3.05, 3.63) is 54.1 Å². The van der Waals surface area contributed by atoms with Crippen molar-refractivity contribution >= 4 is 17.5 Å². The zero-order valence-corrected chi connectivity index (χ0v) is 14.8. The number of rotatable bonds is 5. The molecule has 134 valence electrons. The topological polar surface area (TPSA) is 58.6 Å². The summed E-state index contributed by atoms with van der Waals surface area (Å²) in [6.45, 7) is 2.56. The van der Waals surface area contributed by atoms with Crippen LogP contribution in [0.25, 0.3) is 0 Å². The predicted molar refractivity (Wildman–Crippen MR) is 99.2 cm³/mol. The molecule has 2 amide bonds. The summed E-state index contributed by atoms with van der Waals surface area (Å²) in [5, 5.41) is 2.91. The molecule has 0 radical (unpaired) electrons. The number of hydrogen-bond acceptors (Lipinski definition) is 3. The number of anilines is 1. The summed E-state index contributed by atoms with van der Waals surface area (Å²) < 4.78 is 5.82. The maximum Gasteiger partial charge on any atom is 0.229 e. The van der Waals surface area contributed by atoms with Crippen LogP contribution in [0.4, 0.5) is 5.69 Å². The van der Waals surface area contributed by atoms with Gasteiger partial charge in [-0.15, -0.1) is 0 Å². The smallest absolute Gasteiger partial charge is 0.229 e. The molecule has 0 bridgehead atoms. The second-order valence-corrected chi connectivity index (χ2v) is 7.11. The minimum absolute atomic E-state index is 0.0890. The fraction of sp³-hybridized carbons (Fsp3) is 0.333. The minimum Gasteiger partial charge on any atom is -0.457 e. The van der Waals surface area contributed by atoms with Gasteiger partial charge in [0.2, 0.25) is 11.8 Å². The predicted octanol–water partition coefficient (Wildman–Crippen LogP) is 3.74. The molecule has 5 nitrogen and oxygen atoms in total. The number of hydrogen-bond donors (Lipinski definition) is 1. The molecule has 1 saturated carbocycles. The molecule has 1 N–H and O–H groups in total. The van der Waals surface area contributed by atoms with E-state index in [1.54, 1.807) is 0 Å². The van der Waals surface area contributed by atoms with Crippen LogP contribution in [0.1, 0.15) is 24.8 Å². The Kier molecular flexibility index (Phi) is 4.37. The van der Waals surface area contributed by atoms with E-state index in [4.69, 9.17) is 4.74 Å². The molecule has 2 aromatic rings. The summed E-state index contributed by atoms with van der Waals surface area (Å²) in [4.78, 5) is 26.3. The van der Waals surface area contributed by atoms with E-state index in [-0.39, 0.29) is 17.7 Å². The van der Waals surface area contributed by atoms with Crippen molar-refractivity contribution in [2.45, 2.75) is 32.2 Å². The summed E-state index contributed by atoms with van der Waals surface area (Å²) in [6.07, 6.45) is 2.46. The van der Waals surface area contributed by atoms with E-state index in [9.17, 15) is 9.59 Å². The van der Waals surface area contributed by atoms with Crippen LogP contribution in [0, 0.1) is 12.8 Å². The van der Waals surface area contributed by atoms with E-state index < -0.39 is 0 Å². The summed E-state index contributed by atoms with van der Waals surface area (Å²) in [5.74, 6) is 1.26. The lowest BCUT2D eigenvalue weighted by atomic mass is 10.1. The van der Waals surface area contributed by atoms with Gasteiger partial charge in [-0.2, -0.15) is 0 Å². The van der Waals surface area contributed by atoms with E-state index in [1.165, 1.54) is 0 Å². The van der Waals surface area contributed by atoms with Gasteiger partial charge in [-0.3, -0.25) is 9.59 Å². The second kappa shape index (κ2) is 6.83. The van der Waals surface area contributed by atoms with E-state index in [0.717, 1.165) is 24.2 Å². The molecule has 1 heterocycles. The van der Waals surface area contributed by atoms with Gasteiger partial charge < -0.3 is 15.0 Å². The highest BCUT2D eigenvalue weighted by molar-refractivity contribution is 5.97.